The third-order valence-corrected chi connectivity index (χ3v) is 4.94. The lowest BCUT2D eigenvalue weighted by Gasteiger charge is -2.23. The molecule has 0 amide bonds. The van der Waals surface area contributed by atoms with Gasteiger partial charge in [-0.3, -0.25) is 0 Å². The van der Waals surface area contributed by atoms with E-state index in [0.29, 0.717) is 25.6 Å². The zero-order chi connectivity index (χ0) is 11.7. The van der Waals surface area contributed by atoms with Crippen molar-refractivity contribution in [2.75, 3.05) is 25.4 Å². The van der Waals surface area contributed by atoms with Gasteiger partial charge in [0, 0.05) is 13.1 Å². The maximum absolute atomic E-state index is 12.0. The minimum Gasteiger partial charge on any atom is -0.330 e. The molecule has 0 aromatic heterocycles. The molecule has 0 aliphatic carbocycles. The van der Waals surface area contributed by atoms with Crippen LogP contribution < -0.4 is 5.73 Å². The van der Waals surface area contributed by atoms with Gasteiger partial charge in [-0.2, -0.15) is 0 Å². The molecule has 1 rings (SSSR count). The van der Waals surface area contributed by atoms with Gasteiger partial charge in [0.15, 0.2) is 0 Å². The molecule has 0 spiro atoms. The van der Waals surface area contributed by atoms with Gasteiger partial charge in [-0.05, 0) is 24.3 Å². The van der Waals surface area contributed by atoms with Gasteiger partial charge in [0.2, 0.25) is 10.0 Å². The summed E-state index contributed by atoms with van der Waals surface area (Å²) in [6.07, 6.45) is 0.903. The Hall–Kier alpha value is 0.160. The van der Waals surface area contributed by atoms with Crippen LogP contribution >= 0.6 is 12.4 Å². The van der Waals surface area contributed by atoms with Crippen molar-refractivity contribution < 1.29 is 8.42 Å². The van der Waals surface area contributed by atoms with Crippen LogP contribution in [-0.2, 0) is 10.0 Å². The molecule has 1 atom stereocenters. The van der Waals surface area contributed by atoms with Crippen molar-refractivity contribution in [3.05, 3.63) is 0 Å². The summed E-state index contributed by atoms with van der Waals surface area (Å²) in [5.74, 6) is 0.567. The second kappa shape index (κ2) is 5.67. The second-order valence-electron chi connectivity index (χ2n) is 5.57. The Bertz CT molecular complexity index is 311. The van der Waals surface area contributed by atoms with Crippen LogP contribution in [0.15, 0.2) is 0 Å². The van der Waals surface area contributed by atoms with Gasteiger partial charge in [-0.25, -0.2) is 12.7 Å². The minimum atomic E-state index is -3.08. The van der Waals surface area contributed by atoms with Gasteiger partial charge < -0.3 is 5.73 Å². The van der Waals surface area contributed by atoms with Crippen LogP contribution in [0.4, 0.5) is 0 Å². The molecule has 1 aliphatic heterocycles. The second-order valence-corrected chi connectivity index (χ2v) is 7.53. The Kier molecular flexibility index (Phi) is 5.72. The molecule has 6 heteroatoms. The van der Waals surface area contributed by atoms with E-state index in [2.05, 4.69) is 0 Å². The first-order chi connectivity index (χ1) is 6.74. The Morgan fingerprint density at radius 3 is 2.31 bits per heavy atom. The van der Waals surface area contributed by atoms with Crippen LogP contribution in [0.3, 0.4) is 0 Å². The third-order valence-electron chi connectivity index (χ3n) is 2.59. The molecule has 16 heavy (non-hydrogen) atoms. The summed E-state index contributed by atoms with van der Waals surface area (Å²) < 4.78 is 25.6. The van der Waals surface area contributed by atoms with E-state index in [9.17, 15) is 8.42 Å². The van der Waals surface area contributed by atoms with Crippen LogP contribution in [0.1, 0.15) is 27.2 Å². The molecule has 2 N–H and O–H groups in total. The minimum absolute atomic E-state index is 0. The van der Waals surface area contributed by atoms with E-state index in [0.717, 1.165) is 6.42 Å². The molecular formula is C10H23ClN2O2S. The largest absolute Gasteiger partial charge is 0.330 e. The van der Waals surface area contributed by atoms with Crippen molar-refractivity contribution in [3.8, 4) is 0 Å². The van der Waals surface area contributed by atoms with E-state index in [-0.39, 0.29) is 23.6 Å². The van der Waals surface area contributed by atoms with Crippen molar-refractivity contribution in [3.63, 3.8) is 0 Å². The Balaban J connectivity index is 0.00000225. The maximum atomic E-state index is 12.0. The van der Waals surface area contributed by atoms with Gasteiger partial charge >= 0.3 is 0 Å². The van der Waals surface area contributed by atoms with Crippen LogP contribution in [0.25, 0.3) is 0 Å². The fraction of sp³-hybridized carbons (Fsp3) is 1.00. The van der Waals surface area contributed by atoms with Crippen molar-refractivity contribution in [2.45, 2.75) is 27.2 Å². The summed E-state index contributed by atoms with van der Waals surface area (Å²) in [6, 6.07) is 0. The summed E-state index contributed by atoms with van der Waals surface area (Å²) >= 11 is 0. The third kappa shape index (κ3) is 4.57. The predicted octanol–water partition coefficient (Wildman–Crippen LogP) is 1.06. The molecule has 0 saturated carbocycles. The van der Waals surface area contributed by atoms with Gasteiger partial charge in [0.25, 0.3) is 0 Å². The molecule has 1 heterocycles. The fourth-order valence-corrected chi connectivity index (χ4v) is 3.98. The van der Waals surface area contributed by atoms with Crippen molar-refractivity contribution in [1.82, 2.24) is 4.31 Å². The highest BCUT2D eigenvalue weighted by molar-refractivity contribution is 7.89. The number of halogens is 1. The van der Waals surface area contributed by atoms with E-state index in [1.165, 1.54) is 0 Å². The molecule has 0 radical (unpaired) electrons. The zero-order valence-electron chi connectivity index (χ0n) is 10.3. The summed E-state index contributed by atoms with van der Waals surface area (Å²) in [4.78, 5) is 0. The number of sulfonamides is 1. The molecular weight excluding hydrogens is 248 g/mol. The van der Waals surface area contributed by atoms with Crippen LogP contribution in [-0.4, -0.2) is 38.1 Å². The van der Waals surface area contributed by atoms with E-state index in [4.69, 9.17) is 5.73 Å². The van der Waals surface area contributed by atoms with Crippen molar-refractivity contribution in [2.24, 2.45) is 17.1 Å². The Labute approximate surface area is 105 Å². The smallest absolute Gasteiger partial charge is 0.214 e. The maximum Gasteiger partial charge on any atom is 0.214 e. The fourth-order valence-electron chi connectivity index (χ4n) is 1.88. The molecule has 98 valence electrons. The molecule has 4 nitrogen and oxygen atoms in total. The summed E-state index contributed by atoms with van der Waals surface area (Å²) in [7, 11) is -3.08. The van der Waals surface area contributed by atoms with Gasteiger partial charge in [0.1, 0.15) is 0 Å². The van der Waals surface area contributed by atoms with E-state index in [1.807, 2.05) is 20.8 Å². The summed E-state index contributed by atoms with van der Waals surface area (Å²) in [5, 5.41) is 0. The topological polar surface area (TPSA) is 63.4 Å². The van der Waals surface area contributed by atoms with Crippen LogP contribution in [0.5, 0.6) is 0 Å². The number of nitrogens with two attached hydrogens (primary N) is 1. The number of hydrogen-bond donors (Lipinski definition) is 1. The normalized spacial score (nSPS) is 23.1. The Morgan fingerprint density at radius 2 is 1.94 bits per heavy atom. The molecule has 1 saturated heterocycles. The number of rotatable bonds is 3. The van der Waals surface area contributed by atoms with E-state index >= 15 is 0 Å². The molecule has 1 aliphatic rings. The van der Waals surface area contributed by atoms with Gasteiger partial charge in [0.05, 0.1) is 5.75 Å². The Morgan fingerprint density at radius 1 is 1.38 bits per heavy atom. The zero-order valence-corrected chi connectivity index (χ0v) is 11.9. The van der Waals surface area contributed by atoms with Crippen LogP contribution in [0, 0.1) is 11.3 Å². The average Bonchev–Trinajstić information content (AvgIpc) is 2.47. The predicted molar refractivity (Wildman–Crippen MR) is 69.2 cm³/mol. The first-order valence-corrected chi connectivity index (χ1v) is 7.03. The molecule has 0 aromatic rings. The van der Waals surface area contributed by atoms with Gasteiger partial charge in [-0.1, -0.05) is 20.8 Å². The molecule has 1 unspecified atom stereocenters. The highest BCUT2D eigenvalue weighted by Gasteiger charge is 2.33. The monoisotopic (exact) mass is 270 g/mol. The highest BCUT2D eigenvalue weighted by atomic mass is 35.5. The number of hydrogen-bond acceptors (Lipinski definition) is 3. The van der Waals surface area contributed by atoms with Crippen LogP contribution in [0.2, 0.25) is 0 Å². The lowest BCUT2D eigenvalue weighted by atomic mass is 10.0. The van der Waals surface area contributed by atoms with E-state index in [1.54, 1.807) is 4.31 Å². The molecule has 0 aromatic carbocycles. The standard InChI is InChI=1S/C10H22N2O2S.ClH/c1-10(2,3)8-15(13,14)12-5-4-9(6-11)7-12;/h9H,4-8,11H2,1-3H3;1H. The van der Waals surface area contributed by atoms with Crippen molar-refractivity contribution >= 4 is 22.4 Å². The van der Waals surface area contributed by atoms with Crippen molar-refractivity contribution in [1.29, 1.82) is 0 Å². The first-order valence-electron chi connectivity index (χ1n) is 5.42. The summed E-state index contributed by atoms with van der Waals surface area (Å²) in [5.41, 5.74) is 5.36. The first kappa shape index (κ1) is 16.2. The SMILES string of the molecule is CC(C)(C)CS(=O)(=O)N1CCC(CN)C1.Cl. The molecule has 0 bridgehead atoms. The summed E-state index contributed by atoms with van der Waals surface area (Å²) in [6.45, 7) is 7.67. The van der Waals surface area contributed by atoms with E-state index < -0.39 is 10.0 Å². The lowest BCUT2D eigenvalue weighted by molar-refractivity contribution is 0.417. The van der Waals surface area contributed by atoms with Gasteiger partial charge in [-0.15, -0.1) is 12.4 Å². The average molecular weight is 271 g/mol. The highest BCUT2D eigenvalue weighted by Crippen LogP contribution is 2.23. The number of nitrogens with zero attached hydrogens (tertiary/aromatic N) is 1. The quantitative estimate of drug-likeness (QED) is 0.834. The molecule has 1 fully saturated rings. The lowest BCUT2D eigenvalue weighted by Crippen LogP contribution is -2.36.